The zero-order chi connectivity index (χ0) is 11.7. The van der Waals surface area contributed by atoms with Crippen LogP contribution < -0.4 is 0 Å². The van der Waals surface area contributed by atoms with E-state index in [-0.39, 0.29) is 11.1 Å². The number of halogens is 2. The van der Waals surface area contributed by atoms with Gasteiger partial charge < -0.3 is 4.90 Å². The molecule has 2 rings (SSSR count). The zero-order valence-electron chi connectivity index (χ0n) is 8.91. The van der Waals surface area contributed by atoms with Crippen molar-refractivity contribution < 1.29 is 4.79 Å². The molecular formula is C11H12Cl2N2O. The number of rotatable bonds is 1. The Morgan fingerprint density at radius 2 is 2.31 bits per heavy atom. The summed E-state index contributed by atoms with van der Waals surface area (Å²) >= 11 is 11.5. The van der Waals surface area contributed by atoms with E-state index in [4.69, 9.17) is 23.2 Å². The largest absolute Gasteiger partial charge is 0.338 e. The van der Waals surface area contributed by atoms with E-state index in [0.717, 1.165) is 19.5 Å². The average molecular weight is 259 g/mol. The van der Waals surface area contributed by atoms with E-state index in [0.29, 0.717) is 16.5 Å². The van der Waals surface area contributed by atoms with Gasteiger partial charge in [-0.15, -0.1) is 0 Å². The second kappa shape index (κ2) is 4.60. The highest BCUT2D eigenvalue weighted by Crippen LogP contribution is 2.22. The van der Waals surface area contributed by atoms with Crippen molar-refractivity contribution in [3.05, 3.63) is 28.0 Å². The molecule has 0 saturated carbocycles. The Labute approximate surface area is 104 Å². The maximum Gasteiger partial charge on any atom is 0.255 e. The van der Waals surface area contributed by atoms with Gasteiger partial charge in [0, 0.05) is 19.3 Å². The Balaban J connectivity index is 2.18. The molecule has 86 valence electrons. The van der Waals surface area contributed by atoms with Crippen LogP contribution in [0.25, 0.3) is 0 Å². The second-order valence-corrected chi connectivity index (χ2v) is 4.91. The lowest BCUT2D eigenvalue weighted by Crippen LogP contribution is -2.28. The smallest absolute Gasteiger partial charge is 0.255 e. The Morgan fingerprint density at radius 3 is 2.88 bits per heavy atom. The number of hydrogen-bond acceptors (Lipinski definition) is 2. The molecule has 0 bridgehead atoms. The maximum absolute atomic E-state index is 12.0. The molecule has 1 unspecified atom stereocenters. The fraction of sp³-hybridized carbons (Fsp3) is 0.455. The topological polar surface area (TPSA) is 33.2 Å². The zero-order valence-corrected chi connectivity index (χ0v) is 10.4. The van der Waals surface area contributed by atoms with Gasteiger partial charge in [0.15, 0.2) is 0 Å². The van der Waals surface area contributed by atoms with Crippen molar-refractivity contribution in [3.8, 4) is 0 Å². The van der Waals surface area contributed by atoms with E-state index in [2.05, 4.69) is 11.9 Å². The minimum atomic E-state index is -0.0181. The molecule has 5 heteroatoms. The summed E-state index contributed by atoms with van der Waals surface area (Å²) in [6.45, 7) is 3.75. The number of amides is 1. The lowest BCUT2D eigenvalue weighted by molar-refractivity contribution is 0.0787. The fourth-order valence-electron chi connectivity index (χ4n) is 1.84. The number of pyridine rings is 1. The molecule has 1 fully saturated rings. The number of aromatic nitrogens is 1. The van der Waals surface area contributed by atoms with Crippen LogP contribution in [0.15, 0.2) is 12.3 Å². The maximum atomic E-state index is 12.0. The first-order chi connectivity index (χ1) is 7.58. The summed E-state index contributed by atoms with van der Waals surface area (Å²) in [4.78, 5) is 17.7. The molecule has 1 amide bonds. The van der Waals surface area contributed by atoms with Gasteiger partial charge in [-0.25, -0.2) is 4.98 Å². The molecule has 0 N–H and O–H groups in total. The number of nitrogens with zero attached hydrogens (tertiary/aromatic N) is 2. The minimum absolute atomic E-state index is 0.0181. The molecule has 1 saturated heterocycles. The molecule has 3 nitrogen and oxygen atoms in total. The van der Waals surface area contributed by atoms with Crippen LogP contribution in [0.4, 0.5) is 0 Å². The van der Waals surface area contributed by atoms with E-state index in [1.54, 1.807) is 6.07 Å². The summed E-state index contributed by atoms with van der Waals surface area (Å²) in [5.41, 5.74) is 0.503. The highest BCUT2D eigenvalue weighted by molar-refractivity contribution is 6.41. The summed E-state index contributed by atoms with van der Waals surface area (Å²) in [6.07, 6.45) is 2.53. The predicted octanol–water partition coefficient (Wildman–Crippen LogP) is 2.87. The lowest BCUT2D eigenvalue weighted by atomic mass is 10.2. The van der Waals surface area contributed by atoms with Gasteiger partial charge in [0.1, 0.15) is 5.15 Å². The summed E-state index contributed by atoms with van der Waals surface area (Å²) < 4.78 is 0. The van der Waals surface area contributed by atoms with Crippen LogP contribution in [0.1, 0.15) is 23.7 Å². The van der Waals surface area contributed by atoms with Crippen molar-refractivity contribution in [2.45, 2.75) is 13.3 Å². The van der Waals surface area contributed by atoms with Crippen LogP contribution in [-0.2, 0) is 0 Å². The van der Waals surface area contributed by atoms with Gasteiger partial charge in [0.25, 0.3) is 5.91 Å². The first-order valence-electron chi connectivity index (χ1n) is 5.18. The van der Waals surface area contributed by atoms with Crippen LogP contribution in [-0.4, -0.2) is 28.9 Å². The van der Waals surface area contributed by atoms with Gasteiger partial charge in [-0.1, -0.05) is 30.1 Å². The van der Waals surface area contributed by atoms with E-state index in [1.807, 2.05) is 4.90 Å². The number of carbonyl (C=O) groups is 1. The normalized spacial score (nSPS) is 20.2. The van der Waals surface area contributed by atoms with Crippen molar-refractivity contribution in [2.75, 3.05) is 13.1 Å². The highest BCUT2D eigenvalue weighted by atomic mass is 35.5. The lowest BCUT2D eigenvalue weighted by Gasteiger charge is -2.15. The molecule has 16 heavy (non-hydrogen) atoms. The predicted molar refractivity (Wildman–Crippen MR) is 63.9 cm³/mol. The molecule has 0 aliphatic carbocycles. The molecule has 1 aromatic heterocycles. The highest BCUT2D eigenvalue weighted by Gasteiger charge is 2.24. The van der Waals surface area contributed by atoms with Crippen molar-refractivity contribution >= 4 is 29.1 Å². The Hall–Kier alpha value is -0.800. The number of likely N-dealkylation sites (tertiary alicyclic amines) is 1. The van der Waals surface area contributed by atoms with Crippen LogP contribution in [0.5, 0.6) is 0 Å². The molecule has 1 aromatic rings. The minimum Gasteiger partial charge on any atom is -0.338 e. The van der Waals surface area contributed by atoms with Gasteiger partial charge in [-0.3, -0.25) is 4.79 Å². The molecule has 2 heterocycles. The third-order valence-electron chi connectivity index (χ3n) is 2.75. The average Bonchev–Trinajstić information content (AvgIpc) is 2.68. The summed E-state index contributed by atoms with van der Waals surface area (Å²) in [6, 6.07) is 1.57. The van der Waals surface area contributed by atoms with Crippen LogP contribution in [0.3, 0.4) is 0 Å². The van der Waals surface area contributed by atoms with Gasteiger partial charge in [-0.05, 0) is 18.4 Å². The van der Waals surface area contributed by atoms with E-state index in [9.17, 15) is 4.79 Å². The fourth-order valence-corrected chi connectivity index (χ4v) is 2.11. The summed E-state index contributed by atoms with van der Waals surface area (Å²) in [7, 11) is 0. The molecule has 1 aliphatic heterocycles. The first kappa shape index (κ1) is 11.7. The van der Waals surface area contributed by atoms with E-state index < -0.39 is 0 Å². The first-order valence-corrected chi connectivity index (χ1v) is 5.94. The van der Waals surface area contributed by atoms with Crippen LogP contribution in [0.2, 0.25) is 10.2 Å². The summed E-state index contributed by atoms with van der Waals surface area (Å²) in [5.74, 6) is 0.551. The molecule has 1 atom stereocenters. The number of hydrogen-bond donors (Lipinski definition) is 0. The Morgan fingerprint density at radius 1 is 1.56 bits per heavy atom. The van der Waals surface area contributed by atoms with Gasteiger partial charge in [0.2, 0.25) is 0 Å². The molecule has 0 radical (unpaired) electrons. The monoisotopic (exact) mass is 258 g/mol. The Kier molecular flexibility index (Phi) is 3.36. The second-order valence-electron chi connectivity index (χ2n) is 4.14. The van der Waals surface area contributed by atoms with E-state index in [1.165, 1.54) is 6.20 Å². The van der Waals surface area contributed by atoms with Gasteiger partial charge in [-0.2, -0.15) is 0 Å². The standard InChI is InChI=1S/C11H12Cl2N2O/c1-7-2-3-15(6-7)11(16)8-4-9(12)10(13)14-5-8/h4-5,7H,2-3,6H2,1H3. The molecule has 0 spiro atoms. The van der Waals surface area contributed by atoms with Crippen LogP contribution >= 0.6 is 23.2 Å². The third kappa shape index (κ3) is 2.30. The van der Waals surface area contributed by atoms with Crippen molar-refractivity contribution in [1.82, 2.24) is 9.88 Å². The molecule has 0 aromatic carbocycles. The summed E-state index contributed by atoms with van der Waals surface area (Å²) in [5, 5.41) is 0.549. The van der Waals surface area contributed by atoms with Gasteiger partial charge in [0.05, 0.1) is 10.6 Å². The molecule has 1 aliphatic rings. The van der Waals surface area contributed by atoms with Gasteiger partial charge >= 0.3 is 0 Å². The third-order valence-corrected chi connectivity index (χ3v) is 3.44. The Bertz CT molecular complexity index is 422. The van der Waals surface area contributed by atoms with Crippen molar-refractivity contribution in [2.24, 2.45) is 5.92 Å². The van der Waals surface area contributed by atoms with E-state index >= 15 is 0 Å². The van der Waals surface area contributed by atoms with Crippen molar-refractivity contribution in [1.29, 1.82) is 0 Å². The molecular weight excluding hydrogens is 247 g/mol. The number of carbonyl (C=O) groups excluding carboxylic acids is 1. The quantitative estimate of drug-likeness (QED) is 0.726. The SMILES string of the molecule is CC1CCN(C(=O)c2cnc(Cl)c(Cl)c2)C1. The van der Waals surface area contributed by atoms with Crippen LogP contribution in [0, 0.1) is 5.92 Å². The van der Waals surface area contributed by atoms with Crippen molar-refractivity contribution in [3.63, 3.8) is 0 Å².